The Balaban J connectivity index is 2.10. The van der Waals surface area contributed by atoms with Crippen molar-refractivity contribution in [3.8, 4) is 0 Å². The molecule has 0 aliphatic carbocycles. The summed E-state index contributed by atoms with van der Waals surface area (Å²) >= 11 is 0. The first-order valence-electron chi connectivity index (χ1n) is 9.80. The smallest absolute Gasteiger partial charge is 0.324 e. The summed E-state index contributed by atoms with van der Waals surface area (Å²) in [5.41, 5.74) is 2.43. The van der Waals surface area contributed by atoms with Crippen LogP contribution in [0.15, 0.2) is 29.2 Å². The number of benzene rings is 2. The highest BCUT2D eigenvalue weighted by atomic mass is 32.2. The number of ether oxygens (including phenoxy) is 1. The lowest BCUT2D eigenvalue weighted by Crippen LogP contribution is -2.42. The first-order valence-corrected chi connectivity index (χ1v) is 11.3. The highest BCUT2D eigenvalue weighted by molar-refractivity contribution is 7.89. The number of carbonyl (C=O) groups is 2. The molecule has 0 saturated carbocycles. The number of rotatable bonds is 7. The maximum absolute atomic E-state index is 13.7. The second kappa shape index (κ2) is 9.74. The maximum atomic E-state index is 13.7. The van der Waals surface area contributed by atoms with Gasteiger partial charge in [-0.05, 0) is 75.9 Å². The van der Waals surface area contributed by atoms with Crippen LogP contribution in [0.3, 0.4) is 0 Å². The van der Waals surface area contributed by atoms with E-state index in [1.165, 1.54) is 13.8 Å². The van der Waals surface area contributed by atoms with E-state index >= 15 is 0 Å². The van der Waals surface area contributed by atoms with Gasteiger partial charge in [0.25, 0.3) is 5.91 Å². The SMILES string of the molecule is Cc1cc(C)c(C)c(S(=O)(=O)N[C@@H](C)C(=O)O[C@@H](C)C(=O)Nc2ccc(F)cc2F)c1C. The van der Waals surface area contributed by atoms with Gasteiger partial charge in [0.2, 0.25) is 10.0 Å². The van der Waals surface area contributed by atoms with Gasteiger partial charge in [-0.1, -0.05) is 6.07 Å². The number of anilines is 1. The molecule has 0 aromatic heterocycles. The molecule has 10 heteroatoms. The predicted molar refractivity (Wildman–Crippen MR) is 116 cm³/mol. The lowest BCUT2D eigenvalue weighted by molar-refractivity contribution is -0.154. The molecule has 2 N–H and O–H groups in total. The number of carbonyl (C=O) groups excluding carboxylic acids is 2. The summed E-state index contributed by atoms with van der Waals surface area (Å²) in [7, 11) is -4.06. The Morgan fingerprint density at radius 3 is 2.06 bits per heavy atom. The standard InChI is InChI=1S/C22H26F2N2O5S/c1-11-9-12(2)14(4)20(13(11)3)32(29,30)26-15(5)22(28)31-16(6)21(27)25-19-8-7-17(23)10-18(19)24/h7-10,15-16,26H,1-6H3,(H,25,27)/t15-,16-/m0/s1. The summed E-state index contributed by atoms with van der Waals surface area (Å²) < 4.78 is 59.9. The summed E-state index contributed by atoms with van der Waals surface area (Å²) in [4.78, 5) is 24.7. The molecule has 0 radical (unpaired) electrons. The van der Waals surface area contributed by atoms with E-state index in [2.05, 4.69) is 10.0 Å². The molecular weight excluding hydrogens is 442 g/mol. The molecule has 0 spiro atoms. The molecule has 0 bridgehead atoms. The number of amides is 1. The largest absolute Gasteiger partial charge is 0.451 e. The molecule has 0 fully saturated rings. The normalized spacial score (nSPS) is 13.4. The second-order valence-electron chi connectivity index (χ2n) is 7.62. The molecule has 174 valence electrons. The molecule has 2 atom stereocenters. The molecule has 2 aromatic rings. The average molecular weight is 469 g/mol. The van der Waals surface area contributed by atoms with Crippen LogP contribution in [-0.4, -0.2) is 32.4 Å². The third-order valence-electron chi connectivity index (χ3n) is 5.10. The number of hydrogen-bond donors (Lipinski definition) is 2. The third-order valence-corrected chi connectivity index (χ3v) is 6.92. The van der Waals surface area contributed by atoms with Gasteiger partial charge in [0.05, 0.1) is 10.6 Å². The van der Waals surface area contributed by atoms with Crippen LogP contribution in [0, 0.1) is 39.3 Å². The van der Waals surface area contributed by atoms with E-state index in [4.69, 9.17) is 4.74 Å². The Hall–Kier alpha value is -2.85. The molecule has 32 heavy (non-hydrogen) atoms. The van der Waals surface area contributed by atoms with Gasteiger partial charge < -0.3 is 10.1 Å². The molecule has 7 nitrogen and oxygen atoms in total. The van der Waals surface area contributed by atoms with Crippen molar-refractivity contribution in [1.82, 2.24) is 4.72 Å². The summed E-state index contributed by atoms with van der Waals surface area (Å²) in [5.74, 6) is -3.65. The lowest BCUT2D eigenvalue weighted by Gasteiger charge is -2.20. The fourth-order valence-corrected chi connectivity index (χ4v) is 4.89. The van der Waals surface area contributed by atoms with Crippen LogP contribution >= 0.6 is 0 Å². The van der Waals surface area contributed by atoms with E-state index < -0.39 is 45.7 Å². The molecule has 0 aliphatic heterocycles. The summed E-state index contributed by atoms with van der Waals surface area (Å²) in [6, 6.07) is 3.18. The maximum Gasteiger partial charge on any atom is 0.324 e. The zero-order valence-electron chi connectivity index (χ0n) is 18.7. The van der Waals surface area contributed by atoms with Gasteiger partial charge >= 0.3 is 5.97 Å². The molecule has 0 aliphatic rings. The zero-order chi connectivity index (χ0) is 24.4. The van der Waals surface area contributed by atoms with Gasteiger partial charge in [-0.25, -0.2) is 17.2 Å². The molecule has 0 heterocycles. The highest BCUT2D eigenvalue weighted by Crippen LogP contribution is 2.26. The van der Waals surface area contributed by atoms with E-state index in [9.17, 15) is 26.8 Å². The van der Waals surface area contributed by atoms with Crippen molar-refractivity contribution in [3.05, 3.63) is 58.2 Å². The van der Waals surface area contributed by atoms with E-state index in [0.29, 0.717) is 17.2 Å². The molecule has 2 aromatic carbocycles. The van der Waals surface area contributed by atoms with Gasteiger partial charge in [-0.3, -0.25) is 9.59 Å². The highest BCUT2D eigenvalue weighted by Gasteiger charge is 2.29. The van der Waals surface area contributed by atoms with Gasteiger partial charge in [-0.2, -0.15) is 4.72 Å². The number of sulfonamides is 1. The van der Waals surface area contributed by atoms with Crippen LogP contribution in [0.5, 0.6) is 0 Å². The van der Waals surface area contributed by atoms with Crippen molar-refractivity contribution in [2.24, 2.45) is 0 Å². The zero-order valence-corrected chi connectivity index (χ0v) is 19.5. The van der Waals surface area contributed by atoms with Gasteiger partial charge in [0.1, 0.15) is 17.7 Å². The minimum absolute atomic E-state index is 0.0900. The first kappa shape index (κ1) is 25.4. The molecule has 0 unspecified atom stereocenters. The first-order chi connectivity index (χ1) is 14.7. The number of nitrogens with one attached hydrogen (secondary N) is 2. The fraction of sp³-hybridized carbons (Fsp3) is 0.364. The van der Waals surface area contributed by atoms with Crippen molar-refractivity contribution >= 4 is 27.6 Å². The van der Waals surface area contributed by atoms with Crippen molar-refractivity contribution in [1.29, 1.82) is 0 Å². The van der Waals surface area contributed by atoms with Crippen molar-refractivity contribution in [3.63, 3.8) is 0 Å². The summed E-state index contributed by atoms with van der Waals surface area (Å²) in [6.45, 7) is 9.48. The van der Waals surface area contributed by atoms with E-state index in [1.807, 2.05) is 6.07 Å². The Labute approximate surface area is 186 Å². The third kappa shape index (κ3) is 5.68. The van der Waals surface area contributed by atoms with E-state index in [1.54, 1.807) is 27.7 Å². The van der Waals surface area contributed by atoms with Crippen molar-refractivity contribution < 1.29 is 31.5 Å². The number of hydrogen-bond acceptors (Lipinski definition) is 5. The topological polar surface area (TPSA) is 102 Å². The summed E-state index contributed by atoms with van der Waals surface area (Å²) in [6.07, 6.45) is -1.36. The van der Waals surface area contributed by atoms with E-state index in [0.717, 1.165) is 23.3 Å². The fourth-order valence-electron chi connectivity index (χ4n) is 3.08. The van der Waals surface area contributed by atoms with Gasteiger partial charge in [0, 0.05) is 6.07 Å². The van der Waals surface area contributed by atoms with Crippen LogP contribution in [0.25, 0.3) is 0 Å². The quantitative estimate of drug-likeness (QED) is 0.607. The summed E-state index contributed by atoms with van der Waals surface area (Å²) in [5, 5.41) is 2.19. The van der Waals surface area contributed by atoms with Crippen LogP contribution in [0.4, 0.5) is 14.5 Å². The molecule has 1 amide bonds. The number of halogens is 2. The van der Waals surface area contributed by atoms with Gasteiger partial charge in [0.15, 0.2) is 6.10 Å². The minimum Gasteiger partial charge on any atom is -0.451 e. The Morgan fingerprint density at radius 1 is 0.969 bits per heavy atom. The predicted octanol–water partition coefficient (Wildman–Crippen LogP) is 3.44. The van der Waals surface area contributed by atoms with Crippen molar-refractivity contribution in [2.75, 3.05) is 5.32 Å². The average Bonchev–Trinajstić information content (AvgIpc) is 2.68. The lowest BCUT2D eigenvalue weighted by atomic mass is 10.0. The number of esters is 1. The van der Waals surface area contributed by atoms with Crippen LogP contribution in [0.1, 0.15) is 36.1 Å². The number of aryl methyl sites for hydroxylation is 2. The van der Waals surface area contributed by atoms with Crippen molar-refractivity contribution in [2.45, 2.75) is 58.6 Å². The second-order valence-corrected chi connectivity index (χ2v) is 9.28. The van der Waals surface area contributed by atoms with Crippen LogP contribution < -0.4 is 10.0 Å². The Bertz CT molecular complexity index is 1140. The monoisotopic (exact) mass is 468 g/mol. The molecular formula is C22H26F2N2O5S. The molecule has 0 saturated heterocycles. The molecule has 2 rings (SSSR count). The van der Waals surface area contributed by atoms with Crippen LogP contribution in [0.2, 0.25) is 0 Å². The minimum atomic E-state index is -4.06. The van der Waals surface area contributed by atoms with E-state index in [-0.39, 0.29) is 10.6 Å². The Kier molecular flexibility index (Phi) is 7.74. The Morgan fingerprint density at radius 2 is 1.53 bits per heavy atom. The van der Waals surface area contributed by atoms with Gasteiger partial charge in [-0.15, -0.1) is 0 Å². The van der Waals surface area contributed by atoms with Crippen LogP contribution in [-0.2, 0) is 24.3 Å².